The number of unbranched alkanes of at least 4 members (excludes halogenated alkanes) is 1. The molecule has 0 aromatic heterocycles. The van der Waals surface area contributed by atoms with Crippen LogP contribution in [0.15, 0.2) is 41.1 Å². The van der Waals surface area contributed by atoms with Gasteiger partial charge in [0.2, 0.25) is 0 Å². The van der Waals surface area contributed by atoms with Crippen LogP contribution >= 0.6 is 0 Å². The van der Waals surface area contributed by atoms with Crippen molar-refractivity contribution >= 4 is 6.21 Å². The Morgan fingerprint density at radius 1 is 1.13 bits per heavy atom. The van der Waals surface area contributed by atoms with Crippen molar-refractivity contribution in [3.8, 4) is 0 Å². The third kappa shape index (κ3) is 9.20. The Kier molecular flexibility index (Phi) is 7.61. The van der Waals surface area contributed by atoms with E-state index in [0.29, 0.717) is 0 Å². The Hall–Kier alpha value is -1.11. The van der Waals surface area contributed by atoms with Crippen LogP contribution < -0.4 is 0 Å². The van der Waals surface area contributed by atoms with Gasteiger partial charge < -0.3 is 0 Å². The summed E-state index contributed by atoms with van der Waals surface area (Å²) < 4.78 is 0. The highest BCUT2D eigenvalue weighted by molar-refractivity contribution is 5.79. The van der Waals surface area contributed by atoms with Crippen molar-refractivity contribution in [2.24, 2.45) is 4.99 Å². The molecule has 0 spiro atoms. The van der Waals surface area contributed by atoms with E-state index >= 15 is 0 Å². The smallest absolute Gasteiger partial charge is 0.0301 e. The lowest BCUT2D eigenvalue weighted by Gasteiger charge is -2.01. The normalized spacial score (nSPS) is 12.1. The summed E-state index contributed by atoms with van der Waals surface area (Å²) in [4.78, 5) is 4.20. The van der Waals surface area contributed by atoms with Crippen LogP contribution in [-0.2, 0) is 0 Å². The minimum atomic E-state index is 0.858. The van der Waals surface area contributed by atoms with E-state index in [2.05, 4.69) is 38.1 Å². The highest BCUT2D eigenvalue weighted by atomic mass is 14.7. The minimum Gasteiger partial charge on any atom is -0.262 e. The Morgan fingerprint density at radius 3 is 2.20 bits per heavy atom. The van der Waals surface area contributed by atoms with Crippen molar-refractivity contribution in [2.45, 2.75) is 46.5 Å². The fourth-order valence-electron chi connectivity index (χ4n) is 1.23. The van der Waals surface area contributed by atoms with E-state index in [0.717, 1.165) is 18.5 Å². The van der Waals surface area contributed by atoms with Crippen LogP contribution in [0.2, 0.25) is 0 Å². The molecular formula is C14H23N. The lowest BCUT2D eigenvalue weighted by atomic mass is 10.1. The Morgan fingerprint density at radius 2 is 1.73 bits per heavy atom. The zero-order chi connectivity index (χ0) is 11.7. The van der Waals surface area contributed by atoms with Gasteiger partial charge >= 0.3 is 0 Å². The number of allylic oxidation sites excluding steroid dienone is 4. The molecule has 1 heteroatoms. The molecule has 0 fully saturated rings. The fourth-order valence-corrected chi connectivity index (χ4v) is 1.23. The molecule has 0 atom stereocenters. The molecule has 0 heterocycles. The van der Waals surface area contributed by atoms with E-state index in [1.807, 2.05) is 13.1 Å². The monoisotopic (exact) mass is 205 g/mol. The van der Waals surface area contributed by atoms with Crippen molar-refractivity contribution in [1.82, 2.24) is 0 Å². The van der Waals surface area contributed by atoms with Gasteiger partial charge in [-0.25, -0.2) is 0 Å². The summed E-state index contributed by atoms with van der Waals surface area (Å²) in [6.07, 6.45) is 8.69. The first-order valence-corrected chi connectivity index (χ1v) is 5.55. The van der Waals surface area contributed by atoms with Crippen molar-refractivity contribution in [2.75, 3.05) is 0 Å². The quantitative estimate of drug-likeness (QED) is 0.325. The maximum Gasteiger partial charge on any atom is 0.0301 e. The predicted octanol–water partition coefficient (Wildman–Crippen LogP) is 4.67. The van der Waals surface area contributed by atoms with E-state index < -0.39 is 0 Å². The van der Waals surface area contributed by atoms with Gasteiger partial charge in [0.15, 0.2) is 0 Å². The molecule has 0 N–H and O–H groups in total. The predicted molar refractivity (Wildman–Crippen MR) is 70.3 cm³/mol. The molecule has 0 amide bonds. The zero-order valence-electron chi connectivity index (χ0n) is 10.3. The summed E-state index contributed by atoms with van der Waals surface area (Å²) in [5.74, 6) is 0. The molecule has 0 aromatic rings. The standard InChI is InChI=1S/C14H23N/c1-6-14(11-15-13(4)5)10-8-7-9-12(2)3/h6,11H,2,4,7-10H2,1,3,5H3/b14-6-,15-11-. The van der Waals surface area contributed by atoms with E-state index in [-0.39, 0.29) is 0 Å². The molecule has 0 aliphatic carbocycles. The summed E-state index contributed by atoms with van der Waals surface area (Å²) in [6.45, 7) is 13.7. The van der Waals surface area contributed by atoms with Gasteiger partial charge in [-0.15, -0.1) is 6.58 Å². The number of nitrogens with zero attached hydrogens (tertiary/aromatic N) is 1. The first kappa shape index (κ1) is 13.9. The van der Waals surface area contributed by atoms with Crippen molar-refractivity contribution in [3.63, 3.8) is 0 Å². The maximum absolute atomic E-state index is 4.20. The average Bonchev–Trinajstić information content (AvgIpc) is 2.16. The fraction of sp³-hybridized carbons (Fsp3) is 0.500. The van der Waals surface area contributed by atoms with E-state index in [4.69, 9.17) is 0 Å². The van der Waals surface area contributed by atoms with Gasteiger partial charge in [0.25, 0.3) is 0 Å². The summed E-state index contributed by atoms with van der Waals surface area (Å²) in [5.41, 5.74) is 3.42. The van der Waals surface area contributed by atoms with Gasteiger partial charge in [0.05, 0.1) is 0 Å². The van der Waals surface area contributed by atoms with Crippen molar-refractivity contribution < 1.29 is 0 Å². The first-order chi connectivity index (χ1) is 7.06. The Labute approximate surface area is 94.3 Å². The third-order valence-electron chi connectivity index (χ3n) is 2.14. The van der Waals surface area contributed by atoms with Crippen LogP contribution in [0, 0.1) is 0 Å². The Bertz CT molecular complexity index is 269. The summed E-state index contributed by atoms with van der Waals surface area (Å²) in [6, 6.07) is 0. The molecule has 0 rings (SSSR count). The van der Waals surface area contributed by atoms with Crippen LogP contribution in [0.1, 0.15) is 46.5 Å². The molecule has 0 radical (unpaired) electrons. The van der Waals surface area contributed by atoms with Gasteiger partial charge in [-0.2, -0.15) is 0 Å². The molecule has 0 aliphatic rings. The zero-order valence-corrected chi connectivity index (χ0v) is 10.3. The molecule has 0 saturated heterocycles. The Balaban J connectivity index is 3.82. The van der Waals surface area contributed by atoms with Crippen LogP contribution in [0.5, 0.6) is 0 Å². The molecule has 1 nitrogen and oxygen atoms in total. The van der Waals surface area contributed by atoms with Crippen LogP contribution in [0.25, 0.3) is 0 Å². The average molecular weight is 205 g/mol. The number of rotatable bonds is 7. The molecule has 15 heavy (non-hydrogen) atoms. The number of hydrogen-bond donors (Lipinski definition) is 0. The topological polar surface area (TPSA) is 12.4 Å². The first-order valence-electron chi connectivity index (χ1n) is 5.55. The highest BCUT2D eigenvalue weighted by Gasteiger charge is 1.94. The molecule has 0 saturated carbocycles. The second-order valence-electron chi connectivity index (χ2n) is 4.02. The van der Waals surface area contributed by atoms with Gasteiger partial charge in [-0.05, 0) is 52.0 Å². The molecule has 0 aliphatic heterocycles. The molecule has 0 bridgehead atoms. The largest absolute Gasteiger partial charge is 0.262 e. The van der Waals surface area contributed by atoms with Gasteiger partial charge in [0, 0.05) is 11.9 Å². The van der Waals surface area contributed by atoms with Crippen LogP contribution in [0.3, 0.4) is 0 Å². The summed E-state index contributed by atoms with van der Waals surface area (Å²) in [5, 5.41) is 0. The highest BCUT2D eigenvalue weighted by Crippen LogP contribution is 2.10. The summed E-state index contributed by atoms with van der Waals surface area (Å²) >= 11 is 0. The lowest BCUT2D eigenvalue weighted by Crippen LogP contribution is -1.87. The van der Waals surface area contributed by atoms with Gasteiger partial charge in [0.1, 0.15) is 0 Å². The van der Waals surface area contributed by atoms with Gasteiger partial charge in [-0.3, -0.25) is 4.99 Å². The number of aliphatic imine (C=N–C) groups is 1. The van der Waals surface area contributed by atoms with Crippen LogP contribution in [-0.4, -0.2) is 6.21 Å². The van der Waals surface area contributed by atoms with Crippen LogP contribution in [0.4, 0.5) is 0 Å². The molecule has 0 unspecified atom stereocenters. The summed E-state index contributed by atoms with van der Waals surface area (Å²) in [7, 11) is 0. The second kappa shape index (κ2) is 8.22. The molecule has 0 aromatic carbocycles. The van der Waals surface area contributed by atoms with Crippen molar-refractivity contribution in [3.05, 3.63) is 36.1 Å². The lowest BCUT2D eigenvalue weighted by molar-refractivity contribution is 0.736. The molecule has 84 valence electrons. The van der Waals surface area contributed by atoms with E-state index in [1.54, 1.807) is 0 Å². The van der Waals surface area contributed by atoms with E-state index in [1.165, 1.54) is 24.0 Å². The second-order valence-corrected chi connectivity index (χ2v) is 4.02. The minimum absolute atomic E-state index is 0.858. The van der Waals surface area contributed by atoms with Crippen molar-refractivity contribution in [1.29, 1.82) is 0 Å². The van der Waals surface area contributed by atoms with E-state index in [9.17, 15) is 0 Å². The maximum atomic E-state index is 4.20. The number of hydrogen-bond acceptors (Lipinski definition) is 1. The third-order valence-corrected chi connectivity index (χ3v) is 2.14. The molecular weight excluding hydrogens is 182 g/mol. The SMILES string of the molecule is C=C(C)CCCCC(/C=N\C(=C)C)=C/C. The van der Waals surface area contributed by atoms with Gasteiger partial charge in [-0.1, -0.05) is 18.2 Å².